The minimum absolute atomic E-state index is 0.0655. The summed E-state index contributed by atoms with van der Waals surface area (Å²) in [6, 6.07) is 11.8. The molecule has 0 radical (unpaired) electrons. The van der Waals surface area contributed by atoms with Crippen LogP contribution < -0.4 is 10.9 Å². The Labute approximate surface area is 156 Å². The Morgan fingerprint density at radius 1 is 0.889 bits per heavy atom. The third-order valence-corrected chi connectivity index (χ3v) is 3.74. The summed E-state index contributed by atoms with van der Waals surface area (Å²) >= 11 is 0. The van der Waals surface area contributed by atoms with Crippen molar-refractivity contribution in [1.29, 1.82) is 0 Å². The van der Waals surface area contributed by atoms with E-state index in [1.807, 2.05) is 26.0 Å². The van der Waals surface area contributed by atoms with Crippen LogP contribution in [-0.2, 0) is 14.3 Å². The molecular weight excluding hydrogens is 348 g/mol. The second-order valence-electron chi connectivity index (χ2n) is 6.00. The molecule has 0 saturated carbocycles. The van der Waals surface area contributed by atoms with E-state index in [1.165, 1.54) is 19.1 Å². The first-order valence-electron chi connectivity index (χ1n) is 8.23. The molecule has 2 N–H and O–H groups in total. The Morgan fingerprint density at radius 2 is 1.56 bits per heavy atom. The van der Waals surface area contributed by atoms with Gasteiger partial charge in [-0.1, -0.05) is 35.9 Å². The molecule has 2 aromatic carbocycles. The van der Waals surface area contributed by atoms with Gasteiger partial charge in [0.25, 0.3) is 5.91 Å². The minimum Gasteiger partial charge on any atom is -0.452 e. The molecule has 2 aromatic rings. The highest BCUT2D eigenvalue weighted by Crippen LogP contribution is 2.19. The molecule has 2 rings (SSSR count). The molecule has 0 aliphatic heterocycles. The van der Waals surface area contributed by atoms with Crippen molar-refractivity contribution in [2.24, 2.45) is 0 Å². The summed E-state index contributed by atoms with van der Waals surface area (Å²) < 4.78 is 4.95. The first kappa shape index (κ1) is 19.8. The summed E-state index contributed by atoms with van der Waals surface area (Å²) in [4.78, 5) is 47.6. The highest BCUT2D eigenvalue weighted by atomic mass is 16.5. The molecular formula is C20H20N2O5. The average Bonchev–Trinajstić information content (AvgIpc) is 2.65. The molecule has 7 heteroatoms. The molecule has 0 fully saturated rings. The van der Waals surface area contributed by atoms with Crippen molar-refractivity contribution in [2.45, 2.75) is 20.8 Å². The Morgan fingerprint density at radius 3 is 2.22 bits per heavy atom. The van der Waals surface area contributed by atoms with E-state index in [0.717, 1.165) is 11.1 Å². The van der Waals surface area contributed by atoms with Gasteiger partial charge in [0.1, 0.15) is 0 Å². The molecule has 0 bridgehead atoms. The van der Waals surface area contributed by atoms with Crippen molar-refractivity contribution in [1.82, 2.24) is 10.9 Å². The Bertz CT molecular complexity index is 905. The number of benzene rings is 2. The Hall–Kier alpha value is -3.48. The van der Waals surface area contributed by atoms with Crippen LogP contribution in [0.1, 0.15) is 44.3 Å². The number of hydrogen-bond acceptors (Lipinski definition) is 5. The van der Waals surface area contributed by atoms with Crippen LogP contribution in [0.15, 0.2) is 42.5 Å². The number of ketones is 1. The van der Waals surface area contributed by atoms with E-state index < -0.39 is 24.4 Å². The number of hydrazine groups is 1. The van der Waals surface area contributed by atoms with Gasteiger partial charge in [0, 0.05) is 18.1 Å². The number of ether oxygens (including phenoxy) is 1. The molecule has 0 spiro atoms. The zero-order valence-electron chi connectivity index (χ0n) is 15.3. The van der Waals surface area contributed by atoms with Crippen LogP contribution in [0.2, 0.25) is 0 Å². The van der Waals surface area contributed by atoms with Crippen LogP contribution in [0.4, 0.5) is 0 Å². The van der Waals surface area contributed by atoms with E-state index in [1.54, 1.807) is 18.2 Å². The summed E-state index contributed by atoms with van der Waals surface area (Å²) in [5, 5.41) is 0. The predicted molar refractivity (Wildman–Crippen MR) is 98.0 cm³/mol. The van der Waals surface area contributed by atoms with E-state index >= 15 is 0 Å². The van der Waals surface area contributed by atoms with Crippen molar-refractivity contribution < 1.29 is 23.9 Å². The second kappa shape index (κ2) is 8.75. The Kier molecular flexibility index (Phi) is 6.43. The maximum Gasteiger partial charge on any atom is 0.339 e. The van der Waals surface area contributed by atoms with Crippen molar-refractivity contribution >= 4 is 23.6 Å². The number of aryl methyl sites for hydroxylation is 2. The van der Waals surface area contributed by atoms with Gasteiger partial charge >= 0.3 is 5.97 Å². The number of carbonyl (C=O) groups excluding carboxylic acids is 4. The van der Waals surface area contributed by atoms with E-state index in [0.29, 0.717) is 5.56 Å². The highest BCUT2D eigenvalue weighted by molar-refractivity contribution is 6.15. The van der Waals surface area contributed by atoms with Crippen molar-refractivity contribution in [3.63, 3.8) is 0 Å². The second-order valence-corrected chi connectivity index (χ2v) is 6.00. The molecule has 0 aromatic heterocycles. The SMILES string of the molecule is CC(=O)NNC(=O)COC(=O)c1ccccc1C(=O)c1cc(C)ccc1C. The van der Waals surface area contributed by atoms with Crippen LogP contribution >= 0.6 is 0 Å². The molecule has 0 aliphatic rings. The molecule has 0 heterocycles. The van der Waals surface area contributed by atoms with Gasteiger partial charge < -0.3 is 4.74 Å². The molecule has 2 amide bonds. The number of amides is 2. The smallest absolute Gasteiger partial charge is 0.339 e. The van der Waals surface area contributed by atoms with Gasteiger partial charge in [-0.15, -0.1) is 0 Å². The fourth-order valence-electron chi connectivity index (χ4n) is 2.39. The van der Waals surface area contributed by atoms with Crippen molar-refractivity contribution in [2.75, 3.05) is 6.61 Å². The number of esters is 1. The number of carbonyl (C=O) groups is 4. The van der Waals surface area contributed by atoms with Gasteiger partial charge in [-0.25, -0.2) is 4.79 Å². The molecule has 27 heavy (non-hydrogen) atoms. The first-order valence-corrected chi connectivity index (χ1v) is 8.23. The van der Waals surface area contributed by atoms with Gasteiger partial charge in [0.15, 0.2) is 12.4 Å². The van der Waals surface area contributed by atoms with E-state index in [2.05, 4.69) is 10.9 Å². The predicted octanol–water partition coefficient (Wildman–Crippen LogP) is 1.86. The van der Waals surface area contributed by atoms with E-state index in [4.69, 9.17) is 4.74 Å². The van der Waals surface area contributed by atoms with Crippen LogP contribution in [0.25, 0.3) is 0 Å². The van der Waals surface area contributed by atoms with E-state index in [-0.39, 0.29) is 16.9 Å². The monoisotopic (exact) mass is 368 g/mol. The molecule has 0 saturated heterocycles. The lowest BCUT2D eigenvalue weighted by Gasteiger charge is -2.11. The van der Waals surface area contributed by atoms with Gasteiger partial charge in [-0.3, -0.25) is 25.2 Å². The lowest BCUT2D eigenvalue weighted by molar-refractivity contribution is -0.129. The Balaban J connectivity index is 2.18. The summed E-state index contributed by atoms with van der Waals surface area (Å²) in [6.45, 7) is 4.33. The zero-order valence-corrected chi connectivity index (χ0v) is 15.3. The van der Waals surface area contributed by atoms with E-state index in [9.17, 15) is 19.2 Å². The topological polar surface area (TPSA) is 102 Å². The summed E-state index contributed by atoms with van der Waals surface area (Å²) in [5.41, 5.74) is 6.65. The van der Waals surface area contributed by atoms with Gasteiger partial charge in [-0.2, -0.15) is 0 Å². The van der Waals surface area contributed by atoms with Gasteiger partial charge in [0.2, 0.25) is 5.91 Å². The van der Waals surface area contributed by atoms with Crippen LogP contribution in [-0.4, -0.2) is 30.2 Å². The maximum atomic E-state index is 12.9. The van der Waals surface area contributed by atoms with Gasteiger partial charge in [-0.05, 0) is 31.5 Å². The number of hydrogen-bond donors (Lipinski definition) is 2. The molecule has 140 valence electrons. The van der Waals surface area contributed by atoms with Crippen LogP contribution in [0.3, 0.4) is 0 Å². The zero-order chi connectivity index (χ0) is 20.0. The van der Waals surface area contributed by atoms with Crippen molar-refractivity contribution in [3.05, 3.63) is 70.3 Å². The molecule has 7 nitrogen and oxygen atoms in total. The summed E-state index contributed by atoms with van der Waals surface area (Å²) in [6.07, 6.45) is 0. The molecule has 0 unspecified atom stereocenters. The fourth-order valence-corrected chi connectivity index (χ4v) is 2.39. The largest absolute Gasteiger partial charge is 0.452 e. The standard InChI is InChI=1S/C20H20N2O5/c1-12-8-9-13(2)17(10-12)19(25)15-6-4-5-7-16(15)20(26)27-11-18(24)22-21-14(3)23/h4-10H,11H2,1-3H3,(H,21,23)(H,22,24). The van der Waals surface area contributed by atoms with Crippen LogP contribution in [0, 0.1) is 13.8 Å². The molecule has 0 atom stereocenters. The summed E-state index contributed by atoms with van der Waals surface area (Å²) in [7, 11) is 0. The maximum absolute atomic E-state index is 12.9. The summed E-state index contributed by atoms with van der Waals surface area (Å²) in [5.74, 6) is -2.26. The molecule has 0 aliphatic carbocycles. The third-order valence-electron chi connectivity index (χ3n) is 3.74. The number of rotatable bonds is 5. The third kappa shape index (κ3) is 5.24. The van der Waals surface area contributed by atoms with Gasteiger partial charge in [0.05, 0.1) is 5.56 Å². The average molecular weight is 368 g/mol. The lowest BCUT2D eigenvalue weighted by atomic mass is 9.94. The normalized spacial score (nSPS) is 10.0. The lowest BCUT2D eigenvalue weighted by Crippen LogP contribution is -2.42. The number of nitrogens with one attached hydrogen (secondary N) is 2. The van der Waals surface area contributed by atoms with Crippen molar-refractivity contribution in [3.8, 4) is 0 Å². The highest BCUT2D eigenvalue weighted by Gasteiger charge is 2.21. The first-order chi connectivity index (χ1) is 12.8. The fraction of sp³-hybridized carbons (Fsp3) is 0.200. The minimum atomic E-state index is -0.803. The quantitative estimate of drug-likeness (QED) is 0.476. The van der Waals surface area contributed by atoms with Crippen LogP contribution in [0.5, 0.6) is 0 Å².